The van der Waals surface area contributed by atoms with Gasteiger partial charge in [-0.05, 0) is 43.2 Å². The van der Waals surface area contributed by atoms with Crippen LogP contribution in [0.15, 0.2) is 33.9 Å². The molecule has 0 fully saturated rings. The summed E-state index contributed by atoms with van der Waals surface area (Å²) in [5, 5.41) is 0. The SMILES string of the molecule is CCCCn1c(=O)[nH]c(=O)c2c1nc(COC(=O)C1CCCc3ccccc31)n2CCC. The fourth-order valence-corrected chi connectivity index (χ4v) is 4.55. The van der Waals surface area contributed by atoms with Crippen molar-refractivity contribution in [3.63, 3.8) is 0 Å². The maximum absolute atomic E-state index is 13.0. The predicted octanol–water partition coefficient (Wildman–Crippen LogP) is 3.26. The molecule has 8 nitrogen and oxygen atoms in total. The second-order valence-corrected chi connectivity index (χ2v) is 8.37. The number of imidazole rings is 1. The number of unbranched alkanes of at least 4 members (excludes halogenated alkanes) is 1. The minimum Gasteiger partial charge on any atom is -0.457 e. The van der Waals surface area contributed by atoms with Crippen LogP contribution in [0.25, 0.3) is 11.2 Å². The number of aromatic nitrogens is 4. The van der Waals surface area contributed by atoms with E-state index >= 15 is 0 Å². The van der Waals surface area contributed by atoms with E-state index in [9.17, 15) is 14.4 Å². The molecule has 1 N–H and O–H groups in total. The molecule has 1 unspecified atom stereocenters. The van der Waals surface area contributed by atoms with Gasteiger partial charge >= 0.3 is 11.7 Å². The standard InChI is InChI=1S/C24H30N4O4/c1-3-5-14-28-21-20(22(29)26-24(28)31)27(13-4-2)19(25-21)15-32-23(30)18-12-8-10-16-9-6-7-11-17(16)18/h6-7,9,11,18H,3-5,8,10,12-15H2,1-2H3,(H,26,29,31). The molecular weight excluding hydrogens is 408 g/mol. The van der Waals surface area contributed by atoms with Crippen LogP contribution in [-0.4, -0.2) is 25.1 Å². The van der Waals surface area contributed by atoms with E-state index < -0.39 is 11.2 Å². The minimum atomic E-state index is -0.461. The van der Waals surface area contributed by atoms with E-state index in [0.717, 1.165) is 44.1 Å². The molecule has 0 radical (unpaired) electrons. The van der Waals surface area contributed by atoms with Crippen molar-refractivity contribution in [1.29, 1.82) is 0 Å². The first kappa shape index (κ1) is 22.0. The fraction of sp³-hybridized carbons (Fsp3) is 0.500. The Kier molecular flexibility index (Phi) is 6.58. The third-order valence-electron chi connectivity index (χ3n) is 6.14. The van der Waals surface area contributed by atoms with Gasteiger partial charge in [0, 0.05) is 13.1 Å². The molecule has 1 aliphatic rings. The highest BCUT2D eigenvalue weighted by atomic mass is 16.5. The topological polar surface area (TPSA) is 99.0 Å². The number of carbonyl (C=O) groups is 1. The lowest BCUT2D eigenvalue weighted by Gasteiger charge is -2.23. The number of nitrogens with zero attached hydrogens (tertiary/aromatic N) is 3. The Bertz CT molecular complexity index is 1240. The number of ether oxygens (including phenoxy) is 1. The molecule has 0 bridgehead atoms. The number of carbonyl (C=O) groups excluding carboxylic acids is 1. The molecule has 170 valence electrons. The fourth-order valence-electron chi connectivity index (χ4n) is 4.55. The Morgan fingerprint density at radius 1 is 1.16 bits per heavy atom. The number of esters is 1. The summed E-state index contributed by atoms with van der Waals surface area (Å²) in [5.41, 5.74) is 2.03. The third kappa shape index (κ3) is 4.13. The molecule has 0 spiro atoms. The van der Waals surface area contributed by atoms with Crippen molar-refractivity contribution in [2.45, 2.75) is 78.0 Å². The van der Waals surface area contributed by atoms with Gasteiger partial charge in [-0.1, -0.05) is 44.5 Å². The normalized spacial score (nSPS) is 15.6. The van der Waals surface area contributed by atoms with Gasteiger partial charge in [-0.25, -0.2) is 9.78 Å². The van der Waals surface area contributed by atoms with Crippen LogP contribution in [0.2, 0.25) is 0 Å². The van der Waals surface area contributed by atoms with E-state index in [4.69, 9.17) is 4.74 Å². The van der Waals surface area contributed by atoms with Gasteiger partial charge in [-0.2, -0.15) is 0 Å². The smallest absolute Gasteiger partial charge is 0.330 e. The summed E-state index contributed by atoms with van der Waals surface area (Å²) in [7, 11) is 0. The Morgan fingerprint density at radius 2 is 1.97 bits per heavy atom. The van der Waals surface area contributed by atoms with Crippen LogP contribution < -0.4 is 11.2 Å². The molecule has 0 aliphatic heterocycles. The highest BCUT2D eigenvalue weighted by Crippen LogP contribution is 2.32. The summed E-state index contributed by atoms with van der Waals surface area (Å²) < 4.78 is 9.00. The summed E-state index contributed by atoms with van der Waals surface area (Å²) in [6.07, 6.45) is 5.17. The van der Waals surface area contributed by atoms with Crippen molar-refractivity contribution in [3.05, 3.63) is 62.1 Å². The van der Waals surface area contributed by atoms with Gasteiger partial charge in [0.05, 0.1) is 5.92 Å². The van der Waals surface area contributed by atoms with Crippen LogP contribution in [0.3, 0.4) is 0 Å². The highest BCUT2D eigenvalue weighted by molar-refractivity contribution is 5.79. The molecule has 0 amide bonds. The molecule has 1 aliphatic carbocycles. The average Bonchev–Trinajstić information content (AvgIpc) is 3.15. The zero-order valence-corrected chi connectivity index (χ0v) is 18.7. The van der Waals surface area contributed by atoms with Gasteiger partial charge < -0.3 is 9.30 Å². The summed E-state index contributed by atoms with van der Waals surface area (Å²) >= 11 is 0. The van der Waals surface area contributed by atoms with Crippen LogP contribution in [0, 0.1) is 0 Å². The zero-order chi connectivity index (χ0) is 22.7. The number of benzene rings is 1. The molecule has 2 heterocycles. The first-order valence-corrected chi connectivity index (χ1v) is 11.5. The van der Waals surface area contributed by atoms with E-state index in [2.05, 4.69) is 16.0 Å². The van der Waals surface area contributed by atoms with Crippen molar-refractivity contribution in [2.75, 3.05) is 0 Å². The maximum Gasteiger partial charge on any atom is 0.330 e. The van der Waals surface area contributed by atoms with E-state index in [1.165, 1.54) is 10.1 Å². The number of aryl methyl sites for hydroxylation is 3. The van der Waals surface area contributed by atoms with E-state index in [1.807, 2.05) is 32.0 Å². The van der Waals surface area contributed by atoms with Crippen LogP contribution in [0.4, 0.5) is 0 Å². The molecule has 1 aromatic carbocycles. The van der Waals surface area contributed by atoms with E-state index in [0.29, 0.717) is 30.1 Å². The van der Waals surface area contributed by atoms with Gasteiger partial charge in [0.25, 0.3) is 5.56 Å². The molecule has 32 heavy (non-hydrogen) atoms. The van der Waals surface area contributed by atoms with Crippen molar-refractivity contribution in [1.82, 2.24) is 19.1 Å². The predicted molar refractivity (Wildman–Crippen MR) is 122 cm³/mol. The van der Waals surface area contributed by atoms with Crippen LogP contribution in [-0.2, 0) is 35.6 Å². The number of rotatable bonds is 8. The van der Waals surface area contributed by atoms with Gasteiger partial charge in [-0.15, -0.1) is 0 Å². The van der Waals surface area contributed by atoms with Gasteiger partial charge in [0.2, 0.25) is 0 Å². The van der Waals surface area contributed by atoms with E-state index in [-0.39, 0.29) is 18.5 Å². The first-order chi connectivity index (χ1) is 15.5. The van der Waals surface area contributed by atoms with Crippen LogP contribution >= 0.6 is 0 Å². The summed E-state index contributed by atoms with van der Waals surface area (Å²) in [4.78, 5) is 45.0. The second-order valence-electron chi connectivity index (χ2n) is 8.37. The number of hydrogen-bond acceptors (Lipinski definition) is 5. The lowest BCUT2D eigenvalue weighted by atomic mass is 9.83. The third-order valence-corrected chi connectivity index (χ3v) is 6.14. The lowest BCUT2D eigenvalue weighted by Crippen LogP contribution is -2.31. The Morgan fingerprint density at radius 3 is 2.75 bits per heavy atom. The Balaban J connectivity index is 1.65. The van der Waals surface area contributed by atoms with Gasteiger partial charge in [0.15, 0.2) is 11.2 Å². The van der Waals surface area contributed by atoms with Crippen molar-refractivity contribution < 1.29 is 9.53 Å². The summed E-state index contributed by atoms with van der Waals surface area (Å²) in [6, 6.07) is 8.01. The molecule has 4 rings (SSSR count). The maximum atomic E-state index is 13.0. The largest absolute Gasteiger partial charge is 0.457 e. The van der Waals surface area contributed by atoms with Crippen molar-refractivity contribution >= 4 is 17.1 Å². The summed E-state index contributed by atoms with van der Waals surface area (Å²) in [5.74, 6) is -0.0692. The van der Waals surface area contributed by atoms with Gasteiger partial charge in [-0.3, -0.25) is 19.1 Å². The van der Waals surface area contributed by atoms with Crippen LogP contribution in [0.5, 0.6) is 0 Å². The molecular formula is C24H30N4O4. The zero-order valence-electron chi connectivity index (χ0n) is 18.7. The number of fused-ring (bicyclic) bond motifs is 2. The highest BCUT2D eigenvalue weighted by Gasteiger charge is 2.28. The lowest BCUT2D eigenvalue weighted by molar-refractivity contribution is -0.147. The molecule has 2 aromatic heterocycles. The number of hydrogen-bond donors (Lipinski definition) is 1. The van der Waals surface area contributed by atoms with Gasteiger partial charge in [0.1, 0.15) is 12.4 Å². The van der Waals surface area contributed by atoms with Crippen molar-refractivity contribution in [3.8, 4) is 0 Å². The number of aromatic amines is 1. The monoisotopic (exact) mass is 438 g/mol. The quantitative estimate of drug-likeness (QED) is 0.544. The molecule has 8 heteroatoms. The Hall–Kier alpha value is -3.16. The number of H-pyrrole nitrogens is 1. The molecule has 1 atom stereocenters. The Labute approximate surface area is 186 Å². The first-order valence-electron chi connectivity index (χ1n) is 11.5. The molecule has 0 saturated heterocycles. The van der Waals surface area contributed by atoms with Crippen LogP contribution in [0.1, 0.15) is 68.8 Å². The molecule has 3 aromatic rings. The summed E-state index contributed by atoms with van der Waals surface area (Å²) in [6.45, 7) is 5.03. The van der Waals surface area contributed by atoms with E-state index in [1.54, 1.807) is 4.57 Å². The number of nitrogens with one attached hydrogen (secondary N) is 1. The average molecular weight is 439 g/mol. The molecule has 0 saturated carbocycles. The van der Waals surface area contributed by atoms with Crippen molar-refractivity contribution in [2.24, 2.45) is 0 Å². The second kappa shape index (κ2) is 9.54. The minimum absolute atomic E-state index is 0.0341.